The van der Waals surface area contributed by atoms with Gasteiger partial charge < -0.3 is 9.80 Å². The Bertz CT molecular complexity index is 3100. The predicted octanol–water partition coefficient (Wildman–Crippen LogP) is 13.4. The van der Waals surface area contributed by atoms with Gasteiger partial charge in [-0.25, -0.2) is 0 Å². The Morgan fingerprint density at radius 3 is 1.14 bits per heavy atom. The number of hydrogen-bond acceptors (Lipinski definition) is 2. The molecule has 2 heterocycles. The van der Waals surface area contributed by atoms with Crippen LogP contribution in [-0.2, 0) is 27.1 Å². The van der Waals surface area contributed by atoms with E-state index in [2.05, 4.69) is 0 Å². The third-order valence-corrected chi connectivity index (χ3v) is 13.6. The molecule has 5 aromatic rings. The minimum absolute atomic E-state index is 0.00168. The van der Waals surface area contributed by atoms with E-state index < -0.39 is 70.0 Å². The molecule has 304 valence electrons. The Labute approximate surface area is 379 Å². The van der Waals surface area contributed by atoms with Gasteiger partial charge in [0.2, 0.25) is 0 Å². The predicted molar refractivity (Wildman–Crippen MR) is 255 cm³/mol. The molecule has 0 N–H and O–H groups in total. The summed E-state index contributed by atoms with van der Waals surface area (Å²) in [5, 5.41) is 0. The van der Waals surface area contributed by atoms with Crippen LogP contribution in [0.3, 0.4) is 0 Å². The SMILES string of the molecule is [2H]c1c([2H])c(C(C)(C)C)c([2H])c([2H])c1N1c2c([2H])c([2H])c(C(C)(C)C)c([2H])c2B2c3c([2H])c(C(C)(C)C)c([2H])c([2H])c3N(c3c([2H])c([2H])c(C(C)(C)C)c([2H])c3[2H])c3c([2H])c(C45CC6CC(CC(C6)C4)C5)c([2H])c1c32. The highest BCUT2D eigenvalue weighted by molar-refractivity contribution is 7.00. The van der Waals surface area contributed by atoms with Gasteiger partial charge in [0.15, 0.2) is 0 Å². The average Bonchev–Trinajstić information content (AvgIpc) is 3.26. The summed E-state index contributed by atoms with van der Waals surface area (Å²) in [6.07, 6.45) is 4.89. The van der Waals surface area contributed by atoms with Gasteiger partial charge in [-0.1, -0.05) is 131 Å². The smallest absolute Gasteiger partial charge is 0.252 e. The van der Waals surface area contributed by atoms with Crippen molar-refractivity contribution in [1.29, 1.82) is 0 Å². The lowest BCUT2D eigenvalue weighted by Crippen LogP contribution is -2.62. The van der Waals surface area contributed by atoms with Crippen LogP contribution < -0.4 is 26.2 Å². The fraction of sp³-hybridized carbons (Fsp3) is 0.464. The van der Waals surface area contributed by atoms with Crippen LogP contribution in [0.15, 0.2) is 96.7 Å². The van der Waals surface area contributed by atoms with Gasteiger partial charge in [0.25, 0.3) is 6.71 Å². The molecule has 59 heavy (non-hydrogen) atoms. The second-order valence-corrected chi connectivity index (χ2v) is 22.5. The Hall–Kier alpha value is -4.24. The van der Waals surface area contributed by atoms with Crippen molar-refractivity contribution in [1.82, 2.24) is 0 Å². The van der Waals surface area contributed by atoms with Crippen molar-refractivity contribution < 1.29 is 21.9 Å². The quantitative estimate of drug-likeness (QED) is 0.164. The molecule has 4 bridgehead atoms. The van der Waals surface area contributed by atoms with Gasteiger partial charge in [-0.2, -0.15) is 0 Å². The molecular weight excluding hydrogens is 711 g/mol. The molecule has 5 aromatic carbocycles. The lowest BCUT2D eigenvalue weighted by atomic mass is 9.33. The Morgan fingerprint density at radius 2 is 0.797 bits per heavy atom. The van der Waals surface area contributed by atoms with Crippen LogP contribution in [-0.4, -0.2) is 6.71 Å². The van der Waals surface area contributed by atoms with Gasteiger partial charge in [-0.15, -0.1) is 0 Å². The van der Waals surface area contributed by atoms with Crippen molar-refractivity contribution in [2.24, 2.45) is 17.8 Å². The van der Waals surface area contributed by atoms with E-state index in [9.17, 15) is 21.9 Å². The highest BCUT2D eigenvalue weighted by Crippen LogP contribution is 2.62. The summed E-state index contributed by atoms with van der Waals surface area (Å²) in [6, 6.07) is -5.90. The Kier molecular flexibility index (Phi) is 5.44. The van der Waals surface area contributed by atoms with Crippen LogP contribution in [0.1, 0.15) is 171 Å². The topological polar surface area (TPSA) is 6.48 Å². The molecule has 0 atom stereocenters. The van der Waals surface area contributed by atoms with E-state index in [-0.39, 0.29) is 151 Å². The molecule has 2 nitrogen and oxygen atoms in total. The number of anilines is 6. The van der Waals surface area contributed by atoms with E-state index >= 15 is 0 Å². The zero-order chi connectivity index (χ0) is 55.5. The fourth-order valence-electron chi connectivity index (χ4n) is 10.9. The molecule has 2 aliphatic heterocycles. The standard InChI is InChI=1S/C56H67BN2/c1-52(2,3)38-13-19-43(20-14-38)58-47-23-17-40(54(7,8)9)28-45(47)57-46-29-41(55(10,11)12)18-24-48(46)59(44-21-15-39(16-22-44)53(4,5)6)50-31-42(30-49(58)51(50)57)56-32-35-25-36(33-56)27-37(26-35)34-56/h13-24,28-31,35-37H,25-27,32-34H2,1-12H3/i13D,14D,15D,16D,17D,18D,19D,20D,21D,22D,23D,24D,28D,29D,30D,31D. The average molecular weight is 795 g/mol. The molecular formula is C56H67BN2. The van der Waals surface area contributed by atoms with E-state index in [0.29, 0.717) is 24.8 Å². The van der Waals surface area contributed by atoms with E-state index in [0.717, 1.165) is 19.3 Å². The van der Waals surface area contributed by atoms with Crippen LogP contribution in [0.25, 0.3) is 0 Å². The van der Waals surface area contributed by atoms with Crippen molar-refractivity contribution in [2.45, 2.75) is 149 Å². The monoisotopic (exact) mass is 795 g/mol. The lowest BCUT2D eigenvalue weighted by Gasteiger charge is -2.57. The van der Waals surface area contributed by atoms with Crippen LogP contribution >= 0.6 is 0 Å². The first-order chi connectivity index (χ1) is 34.4. The van der Waals surface area contributed by atoms with Gasteiger partial charge in [-0.3, -0.25) is 0 Å². The van der Waals surface area contributed by atoms with Gasteiger partial charge in [0, 0.05) is 34.1 Å². The third kappa shape index (κ3) is 6.34. The second-order valence-electron chi connectivity index (χ2n) is 22.5. The van der Waals surface area contributed by atoms with Crippen molar-refractivity contribution in [3.05, 3.63) is 124 Å². The Balaban J connectivity index is 1.53. The molecule has 4 fully saturated rings. The Morgan fingerprint density at radius 1 is 0.458 bits per heavy atom. The van der Waals surface area contributed by atoms with Crippen LogP contribution in [0.2, 0.25) is 0 Å². The van der Waals surface area contributed by atoms with Crippen molar-refractivity contribution >= 4 is 57.2 Å². The second kappa shape index (κ2) is 12.9. The first-order valence-electron chi connectivity index (χ1n) is 29.7. The van der Waals surface area contributed by atoms with Gasteiger partial charge in [-0.05, 0) is 176 Å². The third-order valence-electron chi connectivity index (χ3n) is 13.6. The van der Waals surface area contributed by atoms with Crippen molar-refractivity contribution in [3.8, 4) is 0 Å². The summed E-state index contributed by atoms with van der Waals surface area (Å²) in [6.45, 7) is 20.1. The number of rotatable bonds is 3. The molecule has 11 rings (SSSR count). The first kappa shape index (κ1) is 24.9. The molecule has 4 aliphatic carbocycles. The molecule has 0 radical (unpaired) electrons. The minimum atomic E-state index is -1.42. The highest BCUT2D eigenvalue weighted by Gasteiger charge is 2.53. The molecule has 0 aromatic heterocycles. The summed E-state index contributed by atoms with van der Waals surface area (Å²) < 4.78 is 161. The zero-order valence-corrected chi connectivity index (χ0v) is 36.9. The lowest BCUT2D eigenvalue weighted by molar-refractivity contribution is -0.00514. The van der Waals surface area contributed by atoms with Crippen LogP contribution in [0, 0.1) is 17.8 Å². The maximum absolute atomic E-state index is 10.9. The van der Waals surface area contributed by atoms with E-state index in [1.807, 2.05) is 41.5 Å². The van der Waals surface area contributed by atoms with Gasteiger partial charge in [0.1, 0.15) is 0 Å². The molecule has 0 amide bonds. The van der Waals surface area contributed by atoms with Crippen LogP contribution in [0.5, 0.6) is 0 Å². The minimum Gasteiger partial charge on any atom is -0.311 e. The normalized spacial score (nSPS) is 27.1. The van der Waals surface area contributed by atoms with E-state index in [4.69, 9.17) is 0 Å². The summed E-state index contributed by atoms with van der Waals surface area (Å²) in [4.78, 5) is 2.67. The molecule has 0 saturated heterocycles. The molecule has 0 spiro atoms. The van der Waals surface area contributed by atoms with Gasteiger partial charge in [0.05, 0.1) is 21.9 Å². The number of nitrogens with zero attached hydrogens (tertiary/aromatic N) is 2. The largest absolute Gasteiger partial charge is 0.311 e. The number of fused-ring (bicyclic) bond motifs is 4. The number of hydrogen-bond donors (Lipinski definition) is 0. The summed E-state index contributed by atoms with van der Waals surface area (Å²) in [7, 11) is 0. The molecule has 4 saturated carbocycles. The first-order valence-corrected chi connectivity index (χ1v) is 21.7. The van der Waals surface area contributed by atoms with E-state index in [1.165, 1.54) is 9.80 Å². The molecule has 6 aliphatic rings. The summed E-state index contributed by atoms with van der Waals surface area (Å²) >= 11 is 0. The number of benzene rings is 5. The van der Waals surface area contributed by atoms with Crippen LogP contribution in [0.4, 0.5) is 34.1 Å². The van der Waals surface area contributed by atoms with Crippen molar-refractivity contribution in [2.75, 3.05) is 9.80 Å². The maximum Gasteiger partial charge on any atom is 0.252 e. The highest BCUT2D eigenvalue weighted by atomic mass is 15.2. The fourth-order valence-corrected chi connectivity index (χ4v) is 10.9. The maximum atomic E-state index is 10.9. The zero-order valence-electron chi connectivity index (χ0n) is 52.9. The van der Waals surface area contributed by atoms with E-state index in [1.54, 1.807) is 41.5 Å². The summed E-state index contributed by atoms with van der Waals surface area (Å²) in [5.41, 5.74) is -4.77. The molecule has 0 unspecified atom stereocenters. The van der Waals surface area contributed by atoms with Gasteiger partial charge >= 0.3 is 0 Å². The summed E-state index contributed by atoms with van der Waals surface area (Å²) in [5.74, 6) is 0.851. The molecule has 3 heteroatoms. The van der Waals surface area contributed by atoms with Crippen molar-refractivity contribution in [3.63, 3.8) is 0 Å².